The minimum atomic E-state index is -1.15. The van der Waals surface area contributed by atoms with Crippen molar-refractivity contribution < 1.29 is 9.90 Å². The van der Waals surface area contributed by atoms with E-state index in [1.165, 1.54) is 11.3 Å². The molecule has 0 aliphatic rings. The second-order valence-electron chi connectivity index (χ2n) is 3.23. The highest BCUT2D eigenvalue weighted by Gasteiger charge is 2.03. The average Bonchev–Trinajstić information content (AvgIpc) is 2.80. The molecule has 0 amide bonds. The molecule has 80 valence electrons. The van der Waals surface area contributed by atoms with Crippen LogP contribution in [-0.2, 0) is 4.79 Å². The lowest BCUT2D eigenvalue weighted by Crippen LogP contribution is -2.23. The summed E-state index contributed by atoms with van der Waals surface area (Å²) in [6, 6.07) is 12.9. The van der Waals surface area contributed by atoms with Gasteiger partial charge in [-0.25, -0.2) is 0 Å². The number of carboxylic acids is 1. The molecule has 0 N–H and O–H groups in total. The van der Waals surface area contributed by atoms with Crippen LogP contribution < -0.4 is 5.11 Å². The number of thiophene rings is 1. The van der Waals surface area contributed by atoms with Gasteiger partial charge in [0.15, 0.2) is 0 Å². The Kier molecular flexibility index (Phi) is 3.17. The van der Waals surface area contributed by atoms with Crippen LogP contribution in [0.1, 0.15) is 10.4 Å². The van der Waals surface area contributed by atoms with E-state index >= 15 is 0 Å². The Morgan fingerprint density at radius 1 is 1.12 bits per heavy atom. The summed E-state index contributed by atoms with van der Waals surface area (Å²) in [6.45, 7) is 0. The van der Waals surface area contributed by atoms with Gasteiger partial charge in [0.25, 0.3) is 0 Å². The summed E-state index contributed by atoms with van der Waals surface area (Å²) in [5.41, 5.74) is 1.08. The first-order valence-corrected chi connectivity index (χ1v) is 5.67. The number of carbonyl (C=O) groups excluding carboxylic acids is 1. The van der Waals surface area contributed by atoms with Gasteiger partial charge in [-0.15, -0.1) is 11.3 Å². The van der Waals surface area contributed by atoms with Crippen LogP contribution in [0.5, 0.6) is 0 Å². The fraction of sp³-hybridized carbons (Fsp3) is 0. The van der Waals surface area contributed by atoms with E-state index in [-0.39, 0.29) is 5.57 Å². The van der Waals surface area contributed by atoms with Crippen LogP contribution in [0.3, 0.4) is 0 Å². The average molecular weight is 229 g/mol. The molecule has 0 spiro atoms. The van der Waals surface area contributed by atoms with Gasteiger partial charge >= 0.3 is 0 Å². The van der Waals surface area contributed by atoms with Crippen molar-refractivity contribution in [1.29, 1.82) is 0 Å². The van der Waals surface area contributed by atoms with Crippen molar-refractivity contribution in [2.24, 2.45) is 0 Å². The van der Waals surface area contributed by atoms with E-state index in [1.807, 2.05) is 41.8 Å². The second kappa shape index (κ2) is 4.77. The molecule has 0 radical (unpaired) electrons. The summed E-state index contributed by atoms with van der Waals surface area (Å²) in [6.07, 6.45) is 1.63. The van der Waals surface area contributed by atoms with E-state index in [4.69, 9.17) is 0 Å². The summed E-state index contributed by atoms with van der Waals surface area (Å²) in [7, 11) is 0. The fourth-order valence-electron chi connectivity index (χ4n) is 1.38. The molecule has 2 aromatic rings. The molecule has 3 heteroatoms. The topological polar surface area (TPSA) is 40.1 Å². The molecular formula is C13H9O2S-. The Bertz CT molecular complexity index is 498. The molecule has 1 aromatic carbocycles. The van der Waals surface area contributed by atoms with Gasteiger partial charge < -0.3 is 9.90 Å². The van der Waals surface area contributed by atoms with Gasteiger partial charge in [-0.05, 0) is 23.1 Å². The molecule has 0 fully saturated rings. The normalized spacial score (nSPS) is 11.4. The van der Waals surface area contributed by atoms with E-state index in [0.717, 1.165) is 5.56 Å². The molecule has 0 atom stereocenters. The van der Waals surface area contributed by atoms with Gasteiger partial charge in [-0.1, -0.05) is 36.4 Å². The number of hydrogen-bond acceptors (Lipinski definition) is 3. The summed E-state index contributed by atoms with van der Waals surface area (Å²) < 4.78 is 0. The van der Waals surface area contributed by atoms with Gasteiger partial charge in [-0.3, -0.25) is 0 Å². The number of hydrogen-bond donors (Lipinski definition) is 0. The van der Waals surface area contributed by atoms with Gasteiger partial charge in [0.2, 0.25) is 0 Å². The molecule has 0 saturated heterocycles. The van der Waals surface area contributed by atoms with Crippen molar-refractivity contribution in [1.82, 2.24) is 0 Å². The van der Waals surface area contributed by atoms with Crippen LogP contribution in [0.4, 0.5) is 0 Å². The first-order valence-electron chi connectivity index (χ1n) is 4.79. The lowest BCUT2D eigenvalue weighted by Gasteiger charge is -2.06. The molecule has 0 aliphatic carbocycles. The third kappa shape index (κ3) is 2.38. The fourth-order valence-corrected chi connectivity index (χ4v) is 2.11. The number of carbonyl (C=O) groups is 1. The summed E-state index contributed by atoms with van der Waals surface area (Å²) in [4.78, 5) is 11.7. The Morgan fingerprint density at radius 3 is 2.44 bits per heavy atom. The maximum atomic E-state index is 11.0. The molecule has 1 heterocycles. The van der Waals surface area contributed by atoms with Gasteiger partial charge in [0, 0.05) is 10.5 Å². The van der Waals surface area contributed by atoms with Gasteiger partial charge in [0.1, 0.15) is 0 Å². The van der Waals surface area contributed by atoms with Crippen molar-refractivity contribution in [2.75, 3.05) is 0 Å². The van der Waals surface area contributed by atoms with Crippen LogP contribution >= 0.6 is 11.3 Å². The molecule has 0 unspecified atom stereocenters. The van der Waals surface area contributed by atoms with Crippen molar-refractivity contribution in [2.45, 2.75) is 0 Å². The zero-order valence-electron chi connectivity index (χ0n) is 8.42. The highest BCUT2D eigenvalue weighted by atomic mass is 32.1. The second-order valence-corrected chi connectivity index (χ2v) is 4.18. The van der Waals surface area contributed by atoms with Crippen LogP contribution in [0, 0.1) is 0 Å². The van der Waals surface area contributed by atoms with E-state index in [0.29, 0.717) is 4.88 Å². The number of benzene rings is 1. The first-order chi connectivity index (χ1) is 7.77. The highest BCUT2D eigenvalue weighted by molar-refractivity contribution is 7.11. The minimum absolute atomic E-state index is 0.223. The third-order valence-electron chi connectivity index (χ3n) is 2.12. The molecule has 0 saturated carbocycles. The Labute approximate surface area is 97.5 Å². The first kappa shape index (κ1) is 10.6. The van der Waals surface area contributed by atoms with E-state index < -0.39 is 5.97 Å². The molecule has 0 bridgehead atoms. The Hall–Kier alpha value is -1.87. The maximum Gasteiger partial charge on any atom is 0.0729 e. The SMILES string of the molecule is O=C([O-])/C(=C\c1ccccc1)c1cccs1. The van der Waals surface area contributed by atoms with Crippen LogP contribution in [0.2, 0.25) is 0 Å². The van der Waals surface area contributed by atoms with Crippen molar-refractivity contribution in [3.05, 3.63) is 58.3 Å². The zero-order valence-corrected chi connectivity index (χ0v) is 9.24. The third-order valence-corrected chi connectivity index (χ3v) is 3.02. The minimum Gasteiger partial charge on any atom is -0.545 e. The number of carboxylic acid groups (broad SMARTS) is 1. The summed E-state index contributed by atoms with van der Waals surface area (Å²) >= 11 is 1.39. The molecule has 16 heavy (non-hydrogen) atoms. The number of rotatable bonds is 3. The molecule has 0 aliphatic heterocycles. The lowest BCUT2D eigenvalue weighted by atomic mass is 10.1. The molecule has 2 rings (SSSR count). The van der Waals surface area contributed by atoms with Crippen molar-refractivity contribution in [3.63, 3.8) is 0 Å². The van der Waals surface area contributed by atoms with E-state index in [2.05, 4.69) is 0 Å². The van der Waals surface area contributed by atoms with Crippen molar-refractivity contribution in [3.8, 4) is 0 Å². The van der Waals surface area contributed by atoms with Gasteiger partial charge in [-0.2, -0.15) is 0 Å². The largest absolute Gasteiger partial charge is 0.545 e. The van der Waals surface area contributed by atoms with E-state index in [1.54, 1.807) is 12.1 Å². The molecule has 2 nitrogen and oxygen atoms in total. The Balaban J connectivity index is 2.42. The van der Waals surface area contributed by atoms with Crippen molar-refractivity contribution >= 4 is 29.0 Å². The number of aliphatic carboxylic acids is 1. The zero-order chi connectivity index (χ0) is 11.4. The highest BCUT2D eigenvalue weighted by Crippen LogP contribution is 2.22. The Morgan fingerprint density at radius 2 is 1.88 bits per heavy atom. The van der Waals surface area contributed by atoms with Crippen LogP contribution in [0.25, 0.3) is 11.6 Å². The molecule has 1 aromatic heterocycles. The lowest BCUT2D eigenvalue weighted by molar-refractivity contribution is -0.295. The quantitative estimate of drug-likeness (QED) is 0.756. The summed E-state index contributed by atoms with van der Waals surface area (Å²) in [5.74, 6) is -1.15. The van der Waals surface area contributed by atoms with Gasteiger partial charge in [0.05, 0.1) is 5.97 Å². The predicted molar refractivity (Wildman–Crippen MR) is 63.6 cm³/mol. The predicted octanol–water partition coefficient (Wildman–Crippen LogP) is 2.04. The smallest absolute Gasteiger partial charge is 0.0729 e. The standard InChI is InChI=1S/C13H10O2S/c14-13(15)11(12-7-4-8-16-12)9-10-5-2-1-3-6-10/h1-9H,(H,14,15)/p-1/b11-9-. The van der Waals surface area contributed by atoms with Crippen LogP contribution in [-0.4, -0.2) is 5.97 Å². The maximum absolute atomic E-state index is 11.0. The molecular weight excluding hydrogens is 220 g/mol. The summed E-state index contributed by atoms with van der Waals surface area (Å²) in [5, 5.41) is 12.9. The van der Waals surface area contributed by atoms with E-state index in [9.17, 15) is 9.90 Å². The van der Waals surface area contributed by atoms with Crippen LogP contribution in [0.15, 0.2) is 47.8 Å². The monoisotopic (exact) mass is 229 g/mol.